The van der Waals surface area contributed by atoms with Crippen molar-refractivity contribution in [2.24, 2.45) is 5.92 Å². The van der Waals surface area contributed by atoms with E-state index in [1.807, 2.05) is 37.3 Å². The number of hydrogen-bond donors (Lipinski definition) is 2. The van der Waals surface area contributed by atoms with Crippen molar-refractivity contribution >= 4 is 0 Å². The van der Waals surface area contributed by atoms with Gasteiger partial charge in [0.25, 0.3) is 0 Å². The van der Waals surface area contributed by atoms with Crippen LogP contribution in [0.1, 0.15) is 38.9 Å². The lowest BCUT2D eigenvalue weighted by Gasteiger charge is -2.17. The number of nitrogens with one attached hydrogen (secondary N) is 1. The van der Waals surface area contributed by atoms with E-state index in [0.29, 0.717) is 19.1 Å². The van der Waals surface area contributed by atoms with Crippen molar-refractivity contribution in [3.05, 3.63) is 35.9 Å². The molecule has 1 aromatic carbocycles. The second-order valence-corrected chi connectivity index (χ2v) is 5.43. The Hall–Kier alpha value is -0.900. The highest BCUT2D eigenvalue weighted by molar-refractivity contribution is 5.16. The Bertz CT molecular complexity index is 327. The minimum absolute atomic E-state index is 0.0199. The van der Waals surface area contributed by atoms with Gasteiger partial charge in [0.05, 0.1) is 18.8 Å². The first kappa shape index (κ1) is 16.2. The number of ether oxygens (including phenoxy) is 1. The predicted octanol–water partition coefficient (Wildman–Crippen LogP) is 2.76. The molecule has 0 bridgehead atoms. The Morgan fingerprint density at radius 2 is 1.84 bits per heavy atom. The van der Waals surface area contributed by atoms with Gasteiger partial charge in [0, 0.05) is 6.54 Å². The average molecular weight is 265 g/mol. The molecule has 2 atom stereocenters. The van der Waals surface area contributed by atoms with Gasteiger partial charge in [-0.25, -0.2) is 0 Å². The van der Waals surface area contributed by atoms with E-state index in [1.165, 1.54) is 0 Å². The molecule has 3 nitrogen and oxygen atoms in total. The highest BCUT2D eigenvalue weighted by atomic mass is 16.5. The summed E-state index contributed by atoms with van der Waals surface area (Å²) >= 11 is 0. The molecule has 1 rings (SSSR count). The standard InChI is InChI=1S/C16H27NO2/c1-13(2)9-10-17-11-16(18)12-19-14(3)15-7-5-4-6-8-15/h4-8,13-14,16-18H,9-12H2,1-3H3. The van der Waals surface area contributed by atoms with E-state index in [9.17, 15) is 5.11 Å². The lowest BCUT2D eigenvalue weighted by molar-refractivity contribution is -0.00202. The summed E-state index contributed by atoms with van der Waals surface area (Å²) in [4.78, 5) is 0. The Morgan fingerprint density at radius 1 is 1.16 bits per heavy atom. The Morgan fingerprint density at radius 3 is 2.47 bits per heavy atom. The molecule has 3 heteroatoms. The van der Waals surface area contributed by atoms with Crippen LogP contribution >= 0.6 is 0 Å². The molecule has 1 aromatic rings. The van der Waals surface area contributed by atoms with Gasteiger partial charge in [-0.15, -0.1) is 0 Å². The fourth-order valence-electron chi connectivity index (χ4n) is 1.79. The zero-order valence-electron chi connectivity index (χ0n) is 12.3. The molecule has 0 aliphatic carbocycles. The lowest BCUT2D eigenvalue weighted by Crippen LogP contribution is -2.31. The van der Waals surface area contributed by atoms with E-state index in [2.05, 4.69) is 19.2 Å². The second-order valence-electron chi connectivity index (χ2n) is 5.43. The summed E-state index contributed by atoms with van der Waals surface area (Å²) in [6, 6.07) is 10.1. The number of aliphatic hydroxyl groups excluding tert-OH is 1. The summed E-state index contributed by atoms with van der Waals surface area (Å²) in [5.41, 5.74) is 1.14. The molecule has 0 radical (unpaired) electrons. The Kier molecular flexibility index (Phi) is 7.72. The first-order chi connectivity index (χ1) is 9.09. The van der Waals surface area contributed by atoms with Crippen LogP contribution < -0.4 is 5.32 Å². The van der Waals surface area contributed by atoms with Crippen molar-refractivity contribution in [3.8, 4) is 0 Å². The van der Waals surface area contributed by atoms with E-state index in [-0.39, 0.29) is 6.10 Å². The van der Waals surface area contributed by atoms with Crippen molar-refractivity contribution < 1.29 is 9.84 Å². The molecule has 2 unspecified atom stereocenters. The first-order valence-corrected chi connectivity index (χ1v) is 7.15. The van der Waals surface area contributed by atoms with Gasteiger partial charge in [-0.2, -0.15) is 0 Å². The van der Waals surface area contributed by atoms with Crippen LogP contribution in [0.25, 0.3) is 0 Å². The molecule has 0 amide bonds. The fourth-order valence-corrected chi connectivity index (χ4v) is 1.79. The minimum atomic E-state index is -0.446. The monoisotopic (exact) mass is 265 g/mol. The van der Waals surface area contributed by atoms with E-state index in [0.717, 1.165) is 18.5 Å². The quantitative estimate of drug-likeness (QED) is 0.675. The van der Waals surface area contributed by atoms with Gasteiger partial charge in [-0.05, 0) is 31.4 Å². The molecule has 108 valence electrons. The number of benzene rings is 1. The van der Waals surface area contributed by atoms with Gasteiger partial charge in [0.1, 0.15) is 0 Å². The summed E-state index contributed by atoms with van der Waals surface area (Å²) in [6.07, 6.45) is 0.707. The van der Waals surface area contributed by atoms with Crippen LogP contribution in [-0.4, -0.2) is 30.9 Å². The number of aliphatic hydroxyl groups is 1. The van der Waals surface area contributed by atoms with Crippen molar-refractivity contribution in [1.82, 2.24) is 5.32 Å². The molecule has 0 saturated carbocycles. The maximum atomic E-state index is 9.82. The van der Waals surface area contributed by atoms with E-state index in [4.69, 9.17) is 4.74 Å². The zero-order valence-corrected chi connectivity index (χ0v) is 12.3. The van der Waals surface area contributed by atoms with E-state index >= 15 is 0 Å². The van der Waals surface area contributed by atoms with Crippen LogP contribution in [0.15, 0.2) is 30.3 Å². The third kappa shape index (κ3) is 7.31. The average Bonchev–Trinajstić information content (AvgIpc) is 2.41. The fraction of sp³-hybridized carbons (Fsp3) is 0.625. The summed E-state index contributed by atoms with van der Waals surface area (Å²) in [6.45, 7) is 8.31. The SMILES string of the molecule is CC(C)CCNCC(O)COC(C)c1ccccc1. The second kappa shape index (κ2) is 9.08. The molecular formula is C16H27NO2. The Labute approximate surface area is 117 Å². The van der Waals surface area contributed by atoms with Gasteiger partial charge >= 0.3 is 0 Å². The minimum Gasteiger partial charge on any atom is -0.389 e. The summed E-state index contributed by atoms with van der Waals surface area (Å²) < 4.78 is 5.68. The van der Waals surface area contributed by atoms with Crippen LogP contribution in [0.3, 0.4) is 0 Å². The van der Waals surface area contributed by atoms with E-state index in [1.54, 1.807) is 0 Å². The zero-order chi connectivity index (χ0) is 14.1. The lowest BCUT2D eigenvalue weighted by atomic mass is 10.1. The highest BCUT2D eigenvalue weighted by Crippen LogP contribution is 2.15. The van der Waals surface area contributed by atoms with Gasteiger partial charge in [-0.3, -0.25) is 0 Å². The number of hydrogen-bond acceptors (Lipinski definition) is 3. The maximum absolute atomic E-state index is 9.82. The van der Waals surface area contributed by atoms with Crippen molar-refractivity contribution in [3.63, 3.8) is 0 Å². The summed E-state index contributed by atoms with van der Waals surface area (Å²) in [5.74, 6) is 0.694. The first-order valence-electron chi connectivity index (χ1n) is 7.15. The van der Waals surface area contributed by atoms with Crippen LogP contribution in [0.5, 0.6) is 0 Å². The van der Waals surface area contributed by atoms with Crippen LogP contribution in [0.4, 0.5) is 0 Å². The Balaban J connectivity index is 2.14. The molecular weight excluding hydrogens is 238 g/mol. The highest BCUT2D eigenvalue weighted by Gasteiger charge is 2.09. The molecule has 0 aliphatic heterocycles. The van der Waals surface area contributed by atoms with E-state index < -0.39 is 6.10 Å². The molecule has 0 aliphatic rings. The molecule has 0 saturated heterocycles. The van der Waals surface area contributed by atoms with Crippen molar-refractivity contribution in [1.29, 1.82) is 0 Å². The molecule has 0 fully saturated rings. The van der Waals surface area contributed by atoms with Gasteiger partial charge < -0.3 is 15.2 Å². The third-order valence-electron chi connectivity index (χ3n) is 3.09. The summed E-state index contributed by atoms with van der Waals surface area (Å²) in [7, 11) is 0. The maximum Gasteiger partial charge on any atom is 0.0897 e. The van der Waals surface area contributed by atoms with Gasteiger partial charge in [-0.1, -0.05) is 44.2 Å². The number of rotatable bonds is 9. The molecule has 2 N–H and O–H groups in total. The summed E-state index contributed by atoms with van der Waals surface area (Å²) in [5, 5.41) is 13.1. The molecule has 0 spiro atoms. The predicted molar refractivity (Wildman–Crippen MR) is 79.1 cm³/mol. The molecule has 0 aromatic heterocycles. The van der Waals surface area contributed by atoms with Crippen LogP contribution in [0, 0.1) is 5.92 Å². The van der Waals surface area contributed by atoms with Crippen molar-refractivity contribution in [2.45, 2.75) is 39.4 Å². The topological polar surface area (TPSA) is 41.5 Å². The van der Waals surface area contributed by atoms with Gasteiger partial charge in [0.2, 0.25) is 0 Å². The van der Waals surface area contributed by atoms with Crippen molar-refractivity contribution in [2.75, 3.05) is 19.7 Å². The smallest absolute Gasteiger partial charge is 0.0897 e. The van der Waals surface area contributed by atoms with Gasteiger partial charge in [0.15, 0.2) is 0 Å². The molecule has 0 heterocycles. The van der Waals surface area contributed by atoms with Crippen LogP contribution in [-0.2, 0) is 4.74 Å². The largest absolute Gasteiger partial charge is 0.389 e. The third-order valence-corrected chi connectivity index (χ3v) is 3.09. The molecule has 19 heavy (non-hydrogen) atoms. The normalized spacial score (nSPS) is 14.6. The van der Waals surface area contributed by atoms with Crippen LogP contribution in [0.2, 0.25) is 0 Å².